The highest BCUT2D eigenvalue weighted by Crippen LogP contribution is 2.15. The SMILES string of the molecule is CCCCC(CC)CC.O=C(O)c1ccc(C(=O)O)cc1. The average molecular weight is 294 g/mol. The van der Waals surface area contributed by atoms with Gasteiger partial charge in [-0.1, -0.05) is 52.9 Å². The monoisotopic (exact) mass is 294 g/mol. The predicted octanol–water partition coefficient (Wildman–Crippen LogP) is 4.70. The largest absolute Gasteiger partial charge is 0.478 e. The zero-order valence-corrected chi connectivity index (χ0v) is 13.1. The molecular weight excluding hydrogens is 268 g/mol. The summed E-state index contributed by atoms with van der Waals surface area (Å²) in [5.41, 5.74) is 0.167. The van der Waals surface area contributed by atoms with Crippen molar-refractivity contribution >= 4 is 11.9 Å². The molecule has 0 aliphatic carbocycles. The Labute approximate surface area is 126 Å². The molecule has 1 aromatic carbocycles. The van der Waals surface area contributed by atoms with Gasteiger partial charge in [0.1, 0.15) is 0 Å². The van der Waals surface area contributed by atoms with E-state index in [1.54, 1.807) is 0 Å². The molecule has 0 fully saturated rings. The Morgan fingerprint density at radius 3 is 1.52 bits per heavy atom. The number of hydrogen-bond donors (Lipinski definition) is 2. The van der Waals surface area contributed by atoms with E-state index in [1.807, 2.05) is 0 Å². The lowest BCUT2D eigenvalue weighted by atomic mass is 9.97. The summed E-state index contributed by atoms with van der Waals surface area (Å²) in [5, 5.41) is 16.9. The molecule has 0 heterocycles. The molecule has 0 atom stereocenters. The smallest absolute Gasteiger partial charge is 0.335 e. The Kier molecular flexibility index (Phi) is 9.94. The van der Waals surface area contributed by atoms with Crippen LogP contribution in [0.3, 0.4) is 0 Å². The minimum absolute atomic E-state index is 0.0833. The number of benzene rings is 1. The van der Waals surface area contributed by atoms with E-state index in [9.17, 15) is 9.59 Å². The molecule has 1 aromatic rings. The van der Waals surface area contributed by atoms with Crippen LogP contribution in [0.15, 0.2) is 24.3 Å². The van der Waals surface area contributed by atoms with Gasteiger partial charge in [-0.3, -0.25) is 0 Å². The fourth-order valence-corrected chi connectivity index (χ4v) is 1.95. The van der Waals surface area contributed by atoms with E-state index in [0.717, 1.165) is 5.92 Å². The van der Waals surface area contributed by atoms with Gasteiger partial charge in [-0.2, -0.15) is 0 Å². The van der Waals surface area contributed by atoms with Crippen LogP contribution in [0.1, 0.15) is 73.6 Å². The van der Waals surface area contributed by atoms with Crippen LogP contribution in [0.2, 0.25) is 0 Å². The summed E-state index contributed by atoms with van der Waals surface area (Å²) in [4.78, 5) is 20.7. The molecule has 0 radical (unpaired) electrons. The average Bonchev–Trinajstić information content (AvgIpc) is 2.49. The van der Waals surface area contributed by atoms with Gasteiger partial charge < -0.3 is 10.2 Å². The fourth-order valence-electron chi connectivity index (χ4n) is 1.95. The Bertz CT molecular complexity index is 386. The normalized spacial score (nSPS) is 9.90. The van der Waals surface area contributed by atoms with Gasteiger partial charge in [-0.15, -0.1) is 0 Å². The van der Waals surface area contributed by atoms with Gasteiger partial charge in [0.15, 0.2) is 0 Å². The lowest BCUT2D eigenvalue weighted by Crippen LogP contribution is -1.99. The molecule has 0 saturated heterocycles. The summed E-state index contributed by atoms with van der Waals surface area (Å²) in [5.74, 6) is -1.12. The minimum Gasteiger partial charge on any atom is -0.478 e. The van der Waals surface area contributed by atoms with Crippen molar-refractivity contribution in [2.24, 2.45) is 5.92 Å². The number of rotatable bonds is 7. The molecule has 2 N–H and O–H groups in total. The molecule has 0 unspecified atom stereocenters. The van der Waals surface area contributed by atoms with Crippen LogP contribution < -0.4 is 0 Å². The molecule has 4 heteroatoms. The van der Waals surface area contributed by atoms with Crippen LogP contribution in [0.4, 0.5) is 0 Å². The Morgan fingerprint density at radius 2 is 1.29 bits per heavy atom. The summed E-state index contributed by atoms with van der Waals surface area (Å²) >= 11 is 0. The third kappa shape index (κ3) is 8.12. The number of unbranched alkanes of at least 4 members (excludes halogenated alkanes) is 1. The van der Waals surface area contributed by atoms with Crippen molar-refractivity contribution in [3.8, 4) is 0 Å². The zero-order chi connectivity index (χ0) is 16.3. The molecule has 21 heavy (non-hydrogen) atoms. The summed E-state index contributed by atoms with van der Waals surface area (Å²) in [6.07, 6.45) is 6.97. The van der Waals surface area contributed by atoms with Crippen LogP contribution >= 0.6 is 0 Å². The highest BCUT2D eigenvalue weighted by Gasteiger charge is 2.04. The summed E-state index contributed by atoms with van der Waals surface area (Å²) in [6.45, 7) is 6.86. The third-order valence-electron chi connectivity index (χ3n) is 3.50. The van der Waals surface area contributed by atoms with Gasteiger partial charge >= 0.3 is 11.9 Å². The van der Waals surface area contributed by atoms with E-state index in [1.165, 1.54) is 56.4 Å². The molecule has 1 rings (SSSR count). The molecule has 0 amide bonds. The predicted molar refractivity (Wildman–Crippen MR) is 84.0 cm³/mol. The maximum Gasteiger partial charge on any atom is 0.335 e. The highest BCUT2D eigenvalue weighted by atomic mass is 16.4. The lowest BCUT2D eigenvalue weighted by Gasteiger charge is -2.09. The van der Waals surface area contributed by atoms with E-state index < -0.39 is 11.9 Å². The standard InChI is InChI=1S/C9H20.C8H6O4/c1-4-7-8-9(5-2)6-3;9-7(10)5-1-2-6(4-3-5)8(11)12/h9H,4-8H2,1-3H3;1-4H,(H,9,10)(H,11,12). The van der Waals surface area contributed by atoms with Crippen LogP contribution in [-0.4, -0.2) is 22.2 Å². The van der Waals surface area contributed by atoms with Crippen LogP contribution in [0, 0.1) is 5.92 Å². The van der Waals surface area contributed by atoms with Crippen molar-refractivity contribution in [2.75, 3.05) is 0 Å². The van der Waals surface area contributed by atoms with Crippen molar-refractivity contribution < 1.29 is 19.8 Å². The molecule has 0 aromatic heterocycles. The summed E-state index contributed by atoms with van der Waals surface area (Å²) in [6, 6.07) is 5.02. The fraction of sp³-hybridized carbons (Fsp3) is 0.529. The molecule has 0 spiro atoms. The Balaban J connectivity index is 0.000000400. The molecule has 0 aliphatic heterocycles. The van der Waals surface area contributed by atoms with Gasteiger partial charge in [-0.05, 0) is 30.2 Å². The van der Waals surface area contributed by atoms with Crippen molar-refractivity contribution in [1.29, 1.82) is 0 Å². The minimum atomic E-state index is -1.06. The van der Waals surface area contributed by atoms with Crippen molar-refractivity contribution in [3.05, 3.63) is 35.4 Å². The third-order valence-corrected chi connectivity index (χ3v) is 3.50. The summed E-state index contributed by atoms with van der Waals surface area (Å²) in [7, 11) is 0. The van der Waals surface area contributed by atoms with E-state index in [-0.39, 0.29) is 11.1 Å². The second-order valence-electron chi connectivity index (χ2n) is 5.01. The number of carboxylic acid groups (broad SMARTS) is 2. The molecular formula is C17H26O4. The lowest BCUT2D eigenvalue weighted by molar-refractivity contribution is 0.0681. The van der Waals surface area contributed by atoms with Crippen LogP contribution in [-0.2, 0) is 0 Å². The number of carboxylic acids is 2. The molecule has 0 saturated carbocycles. The van der Waals surface area contributed by atoms with Gasteiger partial charge in [0.05, 0.1) is 11.1 Å². The van der Waals surface area contributed by atoms with E-state index in [2.05, 4.69) is 20.8 Å². The molecule has 0 aliphatic rings. The number of hydrogen-bond acceptors (Lipinski definition) is 2. The first-order valence-corrected chi connectivity index (χ1v) is 7.52. The quantitative estimate of drug-likeness (QED) is 0.764. The van der Waals surface area contributed by atoms with E-state index >= 15 is 0 Å². The maximum absolute atomic E-state index is 10.3. The van der Waals surface area contributed by atoms with Gasteiger partial charge in [0.2, 0.25) is 0 Å². The van der Waals surface area contributed by atoms with E-state index in [4.69, 9.17) is 10.2 Å². The first-order valence-electron chi connectivity index (χ1n) is 7.52. The molecule has 4 nitrogen and oxygen atoms in total. The second-order valence-corrected chi connectivity index (χ2v) is 5.01. The second kappa shape index (κ2) is 10.9. The highest BCUT2D eigenvalue weighted by molar-refractivity contribution is 5.91. The molecule has 118 valence electrons. The van der Waals surface area contributed by atoms with Crippen molar-refractivity contribution in [3.63, 3.8) is 0 Å². The van der Waals surface area contributed by atoms with Gasteiger partial charge in [0, 0.05) is 0 Å². The van der Waals surface area contributed by atoms with Crippen LogP contribution in [0.5, 0.6) is 0 Å². The van der Waals surface area contributed by atoms with E-state index in [0.29, 0.717) is 0 Å². The van der Waals surface area contributed by atoms with Gasteiger partial charge in [0.25, 0.3) is 0 Å². The first-order chi connectivity index (χ1) is 9.96. The van der Waals surface area contributed by atoms with Crippen LogP contribution in [0.25, 0.3) is 0 Å². The topological polar surface area (TPSA) is 74.6 Å². The summed E-state index contributed by atoms with van der Waals surface area (Å²) < 4.78 is 0. The number of aromatic carboxylic acids is 2. The Morgan fingerprint density at radius 1 is 0.905 bits per heavy atom. The Hall–Kier alpha value is -1.84. The van der Waals surface area contributed by atoms with Crippen molar-refractivity contribution in [2.45, 2.75) is 52.9 Å². The van der Waals surface area contributed by atoms with Crippen molar-refractivity contribution in [1.82, 2.24) is 0 Å². The zero-order valence-electron chi connectivity index (χ0n) is 13.1. The maximum atomic E-state index is 10.3. The van der Waals surface area contributed by atoms with Gasteiger partial charge in [-0.25, -0.2) is 9.59 Å². The molecule has 0 bridgehead atoms. The number of carbonyl (C=O) groups is 2. The first kappa shape index (κ1) is 19.2.